The van der Waals surface area contributed by atoms with Crippen molar-refractivity contribution in [2.45, 2.75) is 13.5 Å². The number of hydrogen-bond donors (Lipinski definition) is 0. The maximum absolute atomic E-state index is 10.6. The average Bonchev–Trinajstić information content (AvgIpc) is 2.37. The lowest BCUT2D eigenvalue weighted by molar-refractivity contribution is -0.384. The fraction of sp³-hybridized carbons (Fsp3) is 0.143. The molecule has 5 heteroatoms. The zero-order chi connectivity index (χ0) is 13.8. The predicted molar refractivity (Wildman–Crippen MR) is 73.6 cm³/mol. The fourth-order valence-electron chi connectivity index (χ4n) is 1.68. The molecule has 0 radical (unpaired) electrons. The third kappa shape index (κ3) is 3.45. The van der Waals surface area contributed by atoms with Crippen molar-refractivity contribution in [3.63, 3.8) is 0 Å². The molecule has 0 bridgehead atoms. The van der Waals surface area contributed by atoms with Crippen molar-refractivity contribution < 1.29 is 9.66 Å². The molecule has 19 heavy (non-hydrogen) atoms. The number of rotatable bonds is 4. The van der Waals surface area contributed by atoms with Crippen molar-refractivity contribution in [2.75, 3.05) is 0 Å². The van der Waals surface area contributed by atoms with Gasteiger partial charge in [-0.2, -0.15) is 0 Å². The monoisotopic (exact) mass is 277 g/mol. The summed E-state index contributed by atoms with van der Waals surface area (Å²) in [5.74, 6) is 0.439. The number of benzene rings is 2. The first-order valence-corrected chi connectivity index (χ1v) is 6.06. The Morgan fingerprint density at radius 3 is 2.68 bits per heavy atom. The zero-order valence-electron chi connectivity index (χ0n) is 10.3. The molecule has 0 aromatic heterocycles. The molecule has 0 N–H and O–H groups in total. The van der Waals surface area contributed by atoms with Crippen LogP contribution in [0, 0.1) is 17.0 Å². The van der Waals surface area contributed by atoms with Gasteiger partial charge in [0.05, 0.1) is 9.95 Å². The van der Waals surface area contributed by atoms with Gasteiger partial charge in [-0.15, -0.1) is 0 Å². The molecule has 0 saturated heterocycles. The quantitative estimate of drug-likeness (QED) is 0.623. The van der Waals surface area contributed by atoms with E-state index in [1.54, 1.807) is 0 Å². The Balaban J connectivity index is 2.10. The number of nitro groups is 1. The van der Waals surface area contributed by atoms with E-state index in [1.807, 2.05) is 31.2 Å². The summed E-state index contributed by atoms with van der Waals surface area (Å²) in [6.45, 7) is 2.38. The minimum Gasteiger partial charge on any atom is -0.487 e. The smallest absolute Gasteiger partial charge is 0.271 e. The van der Waals surface area contributed by atoms with Crippen LogP contribution in [0.25, 0.3) is 0 Å². The van der Waals surface area contributed by atoms with Gasteiger partial charge in [0.2, 0.25) is 0 Å². The molecule has 0 aliphatic carbocycles. The number of non-ortho nitro benzene ring substituents is 1. The van der Waals surface area contributed by atoms with Crippen molar-refractivity contribution >= 4 is 17.3 Å². The summed E-state index contributed by atoms with van der Waals surface area (Å²) in [6, 6.07) is 12.1. The van der Waals surface area contributed by atoms with Gasteiger partial charge in [-0.1, -0.05) is 41.4 Å². The normalized spacial score (nSPS) is 10.2. The van der Waals surface area contributed by atoms with Crippen molar-refractivity contribution in [2.24, 2.45) is 0 Å². The van der Waals surface area contributed by atoms with Gasteiger partial charge in [0, 0.05) is 12.1 Å². The molecular weight excluding hydrogens is 266 g/mol. The van der Waals surface area contributed by atoms with E-state index in [0.29, 0.717) is 12.4 Å². The first-order chi connectivity index (χ1) is 9.06. The van der Waals surface area contributed by atoms with E-state index in [2.05, 4.69) is 0 Å². The summed E-state index contributed by atoms with van der Waals surface area (Å²) in [7, 11) is 0. The molecule has 2 aromatic rings. The van der Waals surface area contributed by atoms with Crippen molar-refractivity contribution in [3.05, 3.63) is 68.7 Å². The summed E-state index contributed by atoms with van der Waals surface area (Å²) in [5, 5.41) is 10.8. The molecular formula is C14H12ClNO3. The molecule has 2 rings (SSSR count). The second-order valence-corrected chi connectivity index (χ2v) is 4.56. The van der Waals surface area contributed by atoms with Crippen LogP contribution in [0.2, 0.25) is 5.02 Å². The van der Waals surface area contributed by atoms with E-state index in [-0.39, 0.29) is 10.7 Å². The van der Waals surface area contributed by atoms with Crippen LogP contribution in [-0.2, 0) is 6.61 Å². The second kappa shape index (κ2) is 5.71. The molecule has 4 nitrogen and oxygen atoms in total. The van der Waals surface area contributed by atoms with Crippen molar-refractivity contribution in [3.8, 4) is 5.75 Å². The van der Waals surface area contributed by atoms with Gasteiger partial charge in [0.25, 0.3) is 5.69 Å². The topological polar surface area (TPSA) is 52.4 Å². The lowest BCUT2D eigenvalue weighted by Gasteiger charge is -2.08. The maximum Gasteiger partial charge on any atom is 0.271 e. The minimum atomic E-state index is -0.490. The Bertz CT molecular complexity index is 613. The molecule has 0 fully saturated rings. The standard InChI is InChI=1S/C14H12ClNO3/c1-10-3-2-4-11(7-10)9-19-14-6-5-12(16(17)18)8-13(14)15/h2-8H,9H2,1H3. The lowest BCUT2D eigenvalue weighted by atomic mass is 10.1. The third-order valence-electron chi connectivity index (χ3n) is 2.60. The fourth-order valence-corrected chi connectivity index (χ4v) is 1.91. The Kier molecular flexibility index (Phi) is 4.02. The van der Waals surface area contributed by atoms with Gasteiger partial charge >= 0.3 is 0 Å². The van der Waals surface area contributed by atoms with E-state index < -0.39 is 4.92 Å². The number of aryl methyl sites for hydroxylation is 1. The number of nitrogens with zero attached hydrogens (tertiary/aromatic N) is 1. The molecule has 0 spiro atoms. The van der Waals surface area contributed by atoms with Gasteiger partial charge in [0.1, 0.15) is 12.4 Å². The van der Waals surface area contributed by atoms with Gasteiger partial charge in [-0.05, 0) is 18.6 Å². The van der Waals surface area contributed by atoms with Crippen LogP contribution in [0.3, 0.4) is 0 Å². The van der Waals surface area contributed by atoms with Crippen LogP contribution in [0.15, 0.2) is 42.5 Å². The summed E-state index contributed by atoms with van der Waals surface area (Å²) < 4.78 is 5.56. The molecule has 0 atom stereocenters. The van der Waals surface area contributed by atoms with Gasteiger partial charge < -0.3 is 4.74 Å². The van der Waals surface area contributed by atoms with E-state index >= 15 is 0 Å². The van der Waals surface area contributed by atoms with Crippen molar-refractivity contribution in [1.82, 2.24) is 0 Å². The van der Waals surface area contributed by atoms with E-state index in [9.17, 15) is 10.1 Å². The summed E-state index contributed by atoms with van der Waals surface area (Å²) in [4.78, 5) is 10.1. The highest BCUT2D eigenvalue weighted by Crippen LogP contribution is 2.29. The Morgan fingerprint density at radius 2 is 2.05 bits per heavy atom. The first-order valence-electron chi connectivity index (χ1n) is 5.68. The SMILES string of the molecule is Cc1cccc(COc2ccc([N+](=O)[O-])cc2Cl)c1. The predicted octanol–water partition coefficient (Wildman–Crippen LogP) is 4.14. The molecule has 0 unspecified atom stereocenters. The molecule has 0 saturated carbocycles. The maximum atomic E-state index is 10.6. The van der Waals surface area contributed by atoms with E-state index in [0.717, 1.165) is 11.1 Å². The Morgan fingerprint density at radius 1 is 1.26 bits per heavy atom. The summed E-state index contributed by atoms with van der Waals surface area (Å²) in [5.41, 5.74) is 2.12. The highest BCUT2D eigenvalue weighted by Gasteiger charge is 2.10. The Labute approximate surface area is 115 Å². The molecule has 0 aliphatic heterocycles. The molecule has 0 aliphatic rings. The largest absolute Gasteiger partial charge is 0.487 e. The lowest BCUT2D eigenvalue weighted by Crippen LogP contribution is -1.97. The highest BCUT2D eigenvalue weighted by molar-refractivity contribution is 6.32. The summed E-state index contributed by atoms with van der Waals surface area (Å²) in [6.07, 6.45) is 0. The average molecular weight is 278 g/mol. The molecule has 2 aromatic carbocycles. The van der Waals surface area contributed by atoms with Crippen LogP contribution in [0.4, 0.5) is 5.69 Å². The highest BCUT2D eigenvalue weighted by atomic mass is 35.5. The van der Waals surface area contributed by atoms with Crippen LogP contribution in [-0.4, -0.2) is 4.92 Å². The second-order valence-electron chi connectivity index (χ2n) is 4.15. The first kappa shape index (κ1) is 13.4. The van der Waals surface area contributed by atoms with Gasteiger partial charge in [0.15, 0.2) is 0 Å². The van der Waals surface area contributed by atoms with Crippen LogP contribution in [0.5, 0.6) is 5.75 Å². The van der Waals surface area contributed by atoms with Gasteiger partial charge in [-0.3, -0.25) is 10.1 Å². The summed E-state index contributed by atoms with van der Waals surface area (Å²) >= 11 is 5.94. The molecule has 0 amide bonds. The minimum absolute atomic E-state index is 0.0482. The third-order valence-corrected chi connectivity index (χ3v) is 2.90. The van der Waals surface area contributed by atoms with Gasteiger partial charge in [-0.25, -0.2) is 0 Å². The number of nitro benzene ring substituents is 1. The number of ether oxygens (including phenoxy) is 1. The van der Waals surface area contributed by atoms with Crippen LogP contribution >= 0.6 is 11.6 Å². The Hall–Kier alpha value is -2.07. The van der Waals surface area contributed by atoms with Crippen molar-refractivity contribution in [1.29, 1.82) is 0 Å². The van der Waals surface area contributed by atoms with E-state index in [1.165, 1.54) is 18.2 Å². The zero-order valence-corrected chi connectivity index (χ0v) is 11.1. The van der Waals surface area contributed by atoms with Crippen LogP contribution in [0.1, 0.15) is 11.1 Å². The number of hydrogen-bond acceptors (Lipinski definition) is 3. The van der Waals surface area contributed by atoms with E-state index in [4.69, 9.17) is 16.3 Å². The molecule has 0 heterocycles. The van der Waals surface area contributed by atoms with Crippen LogP contribution < -0.4 is 4.74 Å². The molecule has 98 valence electrons. The number of halogens is 1.